The number of nitrogens with zero attached hydrogens (tertiary/aromatic N) is 5. The molecular weight excluding hydrogens is 370 g/mol. The number of aromatic nitrogens is 2. The molecule has 0 radical (unpaired) electrons. The molecule has 1 amide bonds. The second kappa shape index (κ2) is 6.80. The summed E-state index contributed by atoms with van der Waals surface area (Å²) in [6.07, 6.45) is 1.46. The van der Waals surface area contributed by atoms with E-state index in [2.05, 4.69) is 4.98 Å². The number of amides is 1. The normalized spacial score (nSPS) is 14.5. The van der Waals surface area contributed by atoms with E-state index < -0.39 is 16.2 Å². The Bertz CT molecular complexity index is 1070. The van der Waals surface area contributed by atoms with Crippen molar-refractivity contribution in [3.63, 3.8) is 0 Å². The number of fused-ring (bicyclic) bond motifs is 1. The molecule has 3 aromatic rings. The van der Waals surface area contributed by atoms with Crippen molar-refractivity contribution in [1.82, 2.24) is 14.3 Å². The predicted molar refractivity (Wildman–Crippen MR) is 101 cm³/mol. The van der Waals surface area contributed by atoms with E-state index >= 15 is 0 Å². The highest BCUT2D eigenvalue weighted by Gasteiger charge is 2.31. The zero-order valence-corrected chi connectivity index (χ0v) is 15.0. The number of hydrogen-bond acceptors (Lipinski definition) is 7. The van der Waals surface area contributed by atoms with Gasteiger partial charge in [-0.25, -0.2) is 4.98 Å². The maximum Gasteiger partial charge on any atom is 0.376 e. The molecule has 1 aliphatic rings. The molecule has 9 nitrogen and oxygen atoms in total. The summed E-state index contributed by atoms with van der Waals surface area (Å²) in [5.74, 6) is -0.00391. The zero-order valence-electron chi connectivity index (χ0n) is 14.1. The fourth-order valence-electron chi connectivity index (χ4n) is 3.14. The van der Waals surface area contributed by atoms with E-state index in [-0.39, 0.29) is 11.7 Å². The molecule has 1 saturated heterocycles. The van der Waals surface area contributed by atoms with Gasteiger partial charge < -0.3 is 9.80 Å². The van der Waals surface area contributed by atoms with Gasteiger partial charge in [-0.15, -0.1) is 0 Å². The van der Waals surface area contributed by atoms with Gasteiger partial charge in [0.2, 0.25) is 5.82 Å². The molecule has 4 heterocycles. The van der Waals surface area contributed by atoms with Gasteiger partial charge in [0.25, 0.3) is 5.91 Å². The summed E-state index contributed by atoms with van der Waals surface area (Å²) in [5.41, 5.74) is -0.268. The van der Waals surface area contributed by atoms with Crippen molar-refractivity contribution in [2.24, 2.45) is 0 Å². The lowest BCUT2D eigenvalue weighted by molar-refractivity contribution is -0.385. The minimum absolute atomic E-state index is 0.0545. The second-order valence-electron chi connectivity index (χ2n) is 6.07. The average molecular weight is 385 g/mol. The van der Waals surface area contributed by atoms with Crippen molar-refractivity contribution in [2.45, 2.75) is 0 Å². The zero-order chi connectivity index (χ0) is 19.0. The van der Waals surface area contributed by atoms with Crippen LogP contribution in [-0.4, -0.2) is 51.3 Å². The maximum atomic E-state index is 12.6. The SMILES string of the molecule is O=C(c1ccsc1)N1CCN(c2nc3ccccn3c(=O)c2[N+](=O)[O-])CC1. The number of piperazine rings is 1. The Balaban J connectivity index is 1.64. The third-order valence-corrected chi connectivity index (χ3v) is 5.19. The number of thiophene rings is 1. The molecule has 3 aromatic heterocycles. The number of hydrogen-bond donors (Lipinski definition) is 0. The van der Waals surface area contributed by atoms with Crippen molar-refractivity contribution < 1.29 is 9.72 Å². The Morgan fingerprint density at radius 2 is 1.96 bits per heavy atom. The lowest BCUT2D eigenvalue weighted by Gasteiger charge is -2.35. The van der Waals surface area contributed by atoms with Crippen molar-refractivity contribution in [2.75, 3.05) is 31.1 Å². The lowest BCUT2D eigenvalue weighted by Crippen LogP contribution is -2.49. The fraction of sp³-hybridized carbons (Fsp3) is 0.235. The molecule has 27 heavy (non-hydrogen) atoms. The first kappa shape index (κ1) is 17.2. The topological polar surface area (TPSA) is 101 Å². The second-order valence-corrected chi connectivity index (χ2v) is 6.85. The van der Waals surface area contributed by atoms with E-state index in [9.17, 15) is 19.7 Å². The van der Waals surface area contributed by atoms with Crippen LogP contribution in [0.25, 0.3) is 5.65 Å². The first-order chi connectivity index (χ1) is 13.1. The number of pyridine rings is 1. The van der Waals surface area contributed by atoms with E-state index in [1.54, 1.807) is 39.4 Å². The largest absolute Gasteiger partial charge is 0.376 e. The van der Waals surface area contributed by atoms with Crippen LogP contribution in [0.3, 0.4) is 0 Å². The van der Waals surface area contributed by atoms with E-state index in [1.165, 1.54) is 17.5 Å². The summed E-state index contributed by atoms with van der Waals surface area (Å²) in [6.45, 7) is 1.54. The molecule has 0 aromatic carbocycles. The lowest BCUT2D eigenvalue weighted by atomic mass is 10.2. The third-order valence-electron chi connectivity index (χ3n) is 4.51. The van der Waals surface area contributed by atoms with Gasteiger partial charge in [-0.2, -0.15) is 11.3 Å². The Morgan fingerprint density at radius 1 is 1.19 bits per heavy atom. The first-order valence-electron chi connectivity index (χ1n) is 8.28. The number of carbonyl (C=O) groups is 1. The van der Waals surface area contributed by atoms with Crippen LogP contribution in [0.2, 0.25) is 0 Å². The van der Waals surface area contributed by atoms with Crippen LogP contribution >= 0.6 is 11.3 Å². The van der Waals surface area contributed by atoms with Gasteiger partial charge in [-0.1, -0.05) is 6.07 Å². The van der Waals surface area contributed by atoms with E-state index in [0.717, 1.165) is 4.40 Å². The van der Waals surface area contributed by atoms with Crippen LogP contribution in [0.5, 0.6) is 0 Å². The molecule has 0 saturated carbocycles. The van der Waals surface area contributed by atoms with Gasteiger partial charge in [-0.05, 0) is 23.6 Å². The third kappa shape index (κ3) is 3.04. The monoisotopic (exact) mass is 385 g/mol. The van der Waals surface area contributed by atoms with Gasteiger partial charge in [0.05, 0.1) is 10.5 Å². The quantitative estimate of drug-likeness (QED) is 0.502. The first-order valence-corrected chi connectivity index (χ1v) is 9.23. The molecule has 0 aliphatic carbocycles. The van der Waals surface area contributed by atoms with Gasteiger partial charge >= 0.3 is 11.2 Å². The molecule has 138 valence electrons. The van der Waals surface area contributed by atoms with Crippen LogP contribution < -0.4 is 10.5 Å². The summed E-state index contributed by atoms with van der Waals surface area (Å²) in [4.78, 5) is 43.6. The smallest absolute Gasteiger partial charge is 0.347 e. The average Bonchev–Trinajstić information content (AvgIpc) is 3.22. The summed E-state index contributed by atoms with van der Waals surface area (Å²) >= 11 is 1.46. The van der Waals surface area contributed by atoms with Crippen molar-refractivity contribution in [1.29, 1.82) is 0 Å². The molecule has 0 atom stereocenters. The summed E-state index contributed by atoms with van der Waals surface area (Å²) in [5, 5.41) is 15.2. The van der Waals surface area contributed by atoms with Gasteiger partial charge in [0.15, 0.2) is 0 Å². The minimum Gasteiger partial charge on any atom is -0.347 e. The summed E-state index contributed by atoms with van der Waals surface area (Å²) in [6, 6.07) is 6.74. The van der Waals surface area contributed by atoms with Gasteiger partial charge in [0, 0.05) is 37.8 Å². The van der Waals surface area contributed by atoms with Crippen LogP contribution in [0, 0.1) is 10.1 Å². The van der Waals surface area contributed by atoms with Crippen LogP contribution in [0.4, 0.5) is 11.5 Å². The molecular formula is C17H15N5O4S. The Kier molecular flexibility index (Phi) is 4.32. The minimum atomic E-state index is -0.711. The van der Waals surface area contributed by atoms with Gasteiger partial charge in [0.1, 0.15) is 5.65 Å². The number of nitro groups is 1. The van der Waals surface area contributed by atoms with Crippen LogP contribution in [0.1, 0.15) is 10.4 Å². The molecule has 0 bridgehead atoms. The van der Waals surface area contributed by atoms with E-state index in [1.807, 2.05) is 5.38 Å². The fourth-order valence-corrected chi connectivity index (χ4v) is 3.77. The molecule has 0 spiro atoms. The van der Waals surface area contributed by atoms with E-state index in [0.29, 0.717) is 37.4 Å². The Morgan fingerprint density at radius 3 is 2.63 bits per heavy atom. The molecule has 0 unspecified atom stereocenters. The van der Waals surface area contributed by atoms with Crippen molar-refractivity contribution in [3.05, 3.63) is 67.3 Å². The molecule has 1 fully saturated rings. The van der Waals surface area contributed by atoms with Gasteiger partial charge in [-0.3, -0.25) is 24.1 Å². The Hall–Kier alpha value is -3.27. The van der Waals surface area contributed by atoms with E-state index in [4.69, 9.17) is 0 Å². The highest BCUT2D eigenvalue weighted by Crippen LogP contribution is 2.24. The van der Waals surface area contributed by atoms with Crippen molar-refractivity contribution >= 4 is 34.4 Å². The van der Waals surface area contributed by atoms with Crippen molar-refractivity contribution in [3.8, 4) is 0 Å². The molecule has 1 aliphatic heterocycles. The van der Waals surface area contributed by atoms with Crippen LogP contribution in [-0.2, 0) is 0 Å². The summed E-state index contributed by atoms with van der Waals surface area (Å²) in [7, 11) is 0. The highest BCUT2D eigenvalue weighted by atomic mass is 32.1. The number of rotatable bonds is 3. The molecule has 4 rings (SSSR count). The standard InChI is InChI=1S/C17H15N5O4S/c23-16(12-4-10-27-11-12)20-8-6-19(7-9-20)15-14(22(25)26)17(24)21-5-2-1-3-13(21)18-15/h1-5,10-11H,6-9H2. The maximum absolute atomic E-state index is 12.6. The summed E-state index contributed by atoms with van der Waals surface area (Å²) < 4.78 is 1.16. The predicted octanol–water partition coefficient (Wildman–Crippen LogP) is 1.63. The number of anilines is 1. The van der Waals surface area contributed by atoms with Crippen LogP contribution in [0.15, 0.2) is 46.0 Å². The Labute approximate surface area is 157 Å². The number of carbonyl (C=O) groups excluding carboxylic acids is 1. The highest BCUT2D eigenvalue weighted by molar-refractivity contribution is 7.08. The molecule has 10 heteroatoms. The molecule has 0 N–H and O–H groups in total.